The number of hydrogen-bond donors (Lipinski definition) is 0. The van der Waals surface area contributed by atoms with Crippen LogP contribution in [-0.2, 0) is 13.0 Å². The first-order chi connectivity index (χ1) is 9.33. The Morgan fingerprint density at radius 2 is 1.80 bits per heavy atom. The van der Waals surface area contributed by atoms with Gasteiger partial charge >= 0.3 is 0 Å². The zero-order valence-electron chi connectivity index (χ0n) is 11.8. The quantitative estimate of drug-likeness (QED) is 0.727. The van der Waals surface area contributed by atoms with Crippen molar-refractivity contribution in [1.82, 2.24) is 0 Å². The van der Waals surface area contributed by atoms with Gasteiger partial charge in [-0.25, -0.2) is 4.57 Å². The fourth-order valence-electron chi connectivity index (χ4n) is 2.72. The van der Waals surface area contributed by atoms with E-state index in [4.69, 9.17) is 0 Å². The Hall–Kier alpha value is -1.41. The van der Waals surface area contributed by atoms with Gasteiger partial charge in [-0.15, -0.1) is 0 Å². The van der Waals surface area contributed by atoms with Crippen molar-refractivity contribution in [3.63, 3.8) is 0 Å². The Kier molecular flexibility index (Phi) is 5.13. The molecular weight excluding hydrogens is 310 g/mol. The van der Waals surface area contributed by atoms with E-state index in [1.807, 2.05) is 0 Å². The second-order valence-corrected chi connectivity index (χ2v) is 5.31. The molecule has 0 amide bonds. The summed E-state index contributed by atoms with van der Waals surface area (Å²) >= 11 is 0. The SMILES string of the molecule is Cc1cc[n+](CCCC2=CCc3ccccc32)cc1.[Br-]. The van der Waals surface area contributed by atoms with Gasteiger partial charge in [0.1, 0.15) is 6.54 Å². The molecule has 1 aliphatic rings. The Balaban J connectivity index is 0.00000147. The molecule has 0 N–H and O–H groups in total. The average Bonchev–Trinajstić information content (AvgIpc) is 2.85. The molecule has 1 aliphatic carbocycles. The molecule has 0 aliphatic heterocycles. The first-order valence-electron chi connectivity index (χ1n) is 7.06. The molecule has 3 rings (SSSR count). The third kappa shape index (κ3) is 3.37. The minimum Gasteiger partial charge on any atom is -1.00 e. The van der Waals surface area contributed by atoms with Crippen LogP contribution in [0.2, 0.25) is 0 Å². The van der Waals surface area contributed by atoms with Gasteiger partial charge in [-0.3, -0.25) is 0 Å². The monoisotopic (exact) mass is 329 g/mol. The molecule has 0 saturated carbocycles. The maximum absolute atomic E-state index is 2.39. The fourth-order valence-corrected chi connectivity index (χ4v) is 2.72. The van der Waals surface area contributed by atoms with Crippen molar-refractivity contribution in [1.29, 1.82) is 0 Å². The van der Waals surface area contributed by atoms with Gasteiger partial charge in [-0.05, 0) is 42.0 Å². The summed E-state index contributed by atoms with van der Waals surface area (Å²) in [5, 5.41) is 0. The highest BCUT2D eigenvalue weighted by Gasteiger charge is 2.13. The predicted octanol–water partition coefficient (Wildman–Crippen LogP) is 0.706. The van der Waals surface area contributed by atoms with Crippen LogP contribution in [0.4, 0.5) is 0 Å². The van der Waals surface area contributed by atoms with Gasteiger partial charge in [0.2, 0.25) is 0 Å². The normalized spacial score (nSPS) is 12.6. The molecule has 0 atom stereocenters. The van der Waals surface area contributed by atoms with Crippen LogP contribution in [0.3, 0.4) is 0 Å². The molecule has 1 nitrogen and oxygen atoms in total. The summed E-state index contributed by atoms with van der Waals surface area (Å²) in [6, 6.07) is 13.1. The minimum absolute atomic E-state index is 0. The van der Waals surface area contributed by atoms with Crippen LogP contribution in [0, 0.1) is 6.92 Å². The van der Waals surface area contributed by atoms with E-state index in [1.165, 1.54) is 35.1 Å². The average molecular weight is 330 g/mol. The molecule has 1 aromatic heterocycles. The van der Waals surface area contributed by atoms with Crippen molar-refractivity contribution in [3.8, 4) is 0 Å². The minimum atomic E-state index is 0. The number of aryl methyl sites for hydroxylation is 2. The van der Waals surface area contributed by atoms with E-state index in [-0.39, 0.29) is 17.0 Å². The molecule has 0 unspecified atom stereocenters. The van der Waals surface area contributed by atoms with Crippen LogP contribution in [0.25, 0.3) is 5.57 Å². The molecule has 0 radical (unpaired) electrons. The maximum atomic E-state index is 2.39. The molecule has 0 spiro atoms. The van der Waals surface area contributed by atoms with Gasteiger partial charge in [0.05, 0.1) is 0 Å². The Bertz CT molecular complexity index is 599. The van der Waals surface area contributed by atoms with Crippen LogP contribution in [0.5, 0.6) is 0 Å². The van der Waals surface area contributed by atoms with E-state index in [0.717, 1.165) is 13.0 Å². The molecule has 20 heavy (non-hydrogen) atoms. The largest absolute Gasteiger partial charge is 1.00 e. The number of hydrogen-bond acceptors (Lipinski definition) is 0. The first kappa shape index (κ1) is 15.0. The maximum Gasteiger partial charge on any atom is 0.169 e. The Morgan fingerprint density at radius 3 is 2.60 bits per heavy atom. The van der Waals surface area contributed by atoms with E-state index in [2.05, 4.69) is 66.4 Å². The Morgan fingerprint density at radius 1 is 1.05 bits per heavy atom. The van der Waals surface area contributed by atoms with Gasteiger partial charge in [0.25, 0.3) is 0 Å². The molecule has 1 heterocycles. The van der Waals surface area contributed by atoms with Crippen molar-refractivity contribution in [2.75, 3.05) is 0 Å². The summed E-state index contributed by atoms with van der Waals surface area (Å²) in [6.07, 6.45) is 10.2. The van der Waals surface area contributed by atoms with Crippen LogP contribution in [-0.4, -0.2) is 0 Å². The van der Waals surface area contributed by atoms with Crippen molar-refractivity contribution >= 4 is 5.57 Å². The predicted molar refractivity (Wildman–Crippen MR) is 78.7 cm³/mol. The van der Waals surface area contributed by atoms with E-state index < -0.39 is 0 Å². The number of aromatic nitrogens is 1. The summed E-state index contributed by atoms with van der Waals surface area (Å²) in [5.41, 5.74) is 5.81. The number of rotatable bonds is 4. The van der Waals surface area contributed by atoms with Crippen molar-refractivity contribution in [2.45, 2.75) is 32.7 Å². The van der Waals surface area contributed by atoms with Crippen molar-refractivity contribution in [3.05, 3.63) is 71.6 Å². The molecular formula is C18H20BrN. The highest BCUT2D eigenvalue weighted by atomic mass is 79.9. The van der Waals surface area contributed by atoms with Gasteiger partial charge in [-0.2, -0.15) is 0 Å². The number of fused-ring (bicyclic) bond motifs is 1. The third-order valence-electron chi connectivity index (χ3n) is 3.85. The Labute approximate surface area is 131 Å². The van der Waals surface area contributed by atoms with E-state index >= 15 is 0 Å². The molecule has 0 bridgehead atoms. The number of allylic oxidation sites excluding steroid dienone is 2. The zero-order valence-corrected chi connectivity index (χ0v) is 13.4. The van der Waals surface area contributed by atoms with Crippen LogP contribution >= 0.6 is 0 Å². The second-order valence-electron chi connectivity index (χ2n) is 5.31. The number of halogens is 1. The van der Waals surface area contributed by atoms with Crippen LogP contribution in [0.15, 0.2) is 54.9 Å². The van der Waals surface area contributed by atoms with Crippen LogP contribution in [0.1, 0.15) is 29.5 Å². The standard InChI is InChI=1S/C18H20N.BrH/c1-15-10-13-19(14-11-15)12-4-6-17-9-8-16-5-2-3-7-18(16)17;/h2-3,5,7,9-11,13-14H,4,6,8,12H2,1H3;1H/q+1;/p-1. The molecule has 1 aromatic carbocycles. The van der Waals surface area contributed by atoms with Gasteiger partial charge < -0.3 is 17.0 Å². The first-order valence-corrected chi connectivity index (χ1v) is 7.06. The summed E-state index contributed by atoms with van der Waals surface area (Å²) < 4.78 is 2.27. The lowest BCUT2D eigenvalue weighted by Crippen LogP contribution is -3.00. The fraction of sp³-hybridized carbons (Fsp3) is 0.278. The highest BCUT2D eigenvalue weighted by Crippen LogP contribution is 2.30. The smallest absolute Gasteiger partial charge is 0.169 e. The third-order valence-corrected chi connectivity index (χ3v) is 3.85. The van der Waals surface area contributed by atoms with Gasteiger partial charge in [0.15, 0.2) is 12.4 Å². The summed E-state index contributed by atoms with van der Waals surface area (Å²) in [6.45, 7) is 3.23. The number of pyridine rings is 1. The van der Waals surface area contributed by atoms with E-state index in [0.29, 0.717) is 0 Å². The molecule has 2 heteroatoms. The lowest BCUT2D eigenvalue weighted by Gasteiger charge is -2.04. The van der Waals surface area contributed by atoms with Gasteiger partial charge in [-0.1, -0.05) is 30.3 Å². The van der Waals surface area contributed by atoms with Crippen molar-refractivity contribution in [2.24, 2.45) is 0 Å². The van der Waals surface area contributed by atoms with Crippen LogP contribution < -0.4 is 21.5 Å². The summed E-state index contributed by atoms with van der Waals surface area (Å²) in [7, 11) is 0. The molecule has 0 saturated heterocycles. The molecule has 2 aromatic rings. The number of nitrogens with zero attached hydrogens (tertiary/aromatic N) is 1. The molecule has 0 fully saturated rings. The van der Waals surface area contributed by atoms with Gasteiger partial charge in [0, 0.05) is 18.6 Å². The lowest BCUT2D eigenvalue weighted by atomic mass is 10.0. The topological polar surface area (TPSA) is 3.88 Å². The van der Waals surface area contributed by atoms with E-state index in [9.17, 15) is 0 Å². The summed E-state index contributed by atoms with van der Waals surface area (Å²) in [5.74, 6) is 0. The van der Waals surface area contributed by atoms with Crippen molar-refractivity contribution < 1.29 is 21.5 Å². The summed E-state index contributed by atoms with van der Waals surface area (Å²) in [4.78, 5) is 0. The number of benzene rings is 1. The van der Waals surface area contributed by atoms with E-state index in [1.54, 1.807) is 0 Å². The highest BCUT2D eigenvalue weighted by molar-refractivity contribution is 5.72. The molecule has 104 valence electrons. The second kappa shape index (κ2) is 6.85. The lowest BCUT2D eigenvalue weighted by molar-refractivity contribution is -0.697. The zero-order chi connectivity index (χ0) is 13.1.